The summed E-state index contributed by atoms with van der Waals surface area (Å²) in [6.45, 7) is 3.71. The number of nitrogens with one attached hydrogen (secondary N) is 1. The first-order chi connectivity index (χ1) is 9.01. The average Bonchev–Trinajstić information content (AvgIpc) is 2.81. The second-order valence-electron chi connectivity index (χ2n) is 4.28. The Labute approximate surface area is 124 Å². The van der Waals surface area contributed by atoms with Crippen molar-refractivity contribution in [3.05, 3.63) is 49.9 Å². The summed E-state index contributed by atoms with van der Waals surface area (Å²) in [6, 6.07) is 6.99. The molecule has 0 spiro atoms. The van der Waals surface area contributed by atoms with Gasteiger partial charge < -0.3 is 5.32 Å². The third-order valence-electron chi connectivity index (χ3n) is 2.86. The Morgan fingerprint density at radius 2 is 2.16 bits per heavy atom. The maximum Gasteiger partial charge on any atom is 0.129 e. The zero-order valence-corrected chi connectivity index (χ0v) is 12.9. The fourth-order valence-corrected chi connectivity index (χ4v) is 3.21. The third kappa shape index (κ3) is 3.14. The van der Waals surface area contributed by atoms with Crippen LogP contribution in [0.15, 0.2) is 28.1 Å². The quantitative estimate of drug-likeness (QED) is 0.854. The van der Waals surface area contributed by atoms with Gasteiger partial charge in [-0.15, -0.1) is 11.3 Å². The molecule has 1 unspecified atom stereocenters. The number of benzene rings is 1. The zero-order valence-electron chi connectivity index (χ0n) is 10.5. The van der Waals surface area contributed by atoms with Crippen LogP contribution in [0.25, 0.3) is 0 Å². The van der Waals surface area contributed by atoms with Crippen LogP contribution < -0.4 is 5.32 Å². The molecule has 2 rings (SSSR count). The van der Waals surface area contributed by atoms with E-state index in [-0.39, 0.29) is 11.9 Å². The minimum atomic E-state index is -0.360. The number of hydrogen-bond acceptors (Lipinski definition) is 3. The molecule has 2 aromatic rings. The molecule has 98 valence electrons. The van der Waals surface area contributed by atoms with E-state index in [2.05, 4.69) is 21.2 Å². The SMILES string of the molecule is Cc1c(F)cc(C#N)cc1NC(C)c1cc(Br)cs1. The molecule has 0 fully saturated rings. The van der Waals surface area contributed by atoms with E-state index in [9.17, 15) is 4.39 Å². The molecular weight excluding hydrogens is 327 g/mol. The Morgan fingerprint density at radius 1 is 1.42 bits per heavy atom. The first-order valence-electron chi connectivity index (χ1n) is 5.72. The molecule has 0 amide bonds. The van der Waals surface area contributed by atoms with Crippen molar-refractivity contribution in [1.82, 2.24) is 0 Å². The number of rotatable bonds is 3. The van der Waals surface area contributed by atoms with Gasteiger partial charge in [-0.2, -0.15) is 5.26 Å². The van der Waals surface area contributed by atoms with E-state index in [1.807, 2.05) is 24.4 Å². The predicted molar refractivity (Wildman–Crippen MR) is 79.9 cm³/mol. The van der Waals surface area contributed by atoms with E-state index >= 15 is 0 Å². The Balaban J connectivity index is 2.28. The summed E-state index contributed by atoms with van der Waals surface area (Å²) < 4.78 is 14.7. The predicted octanol–water partition coefficient (Wildman–Crippen LogP) is 5.00. The van der Waals surface area contributed by atoms with Gasteiger partial charge in [-0.25, -0.2) is 4.39 Å². The van der Waals surface area contributed by atoms with Gasteiger partial charge >= 0.3 is 0 Å². The topological polar surface area (TPSA) is 35.8 Å². The lowest BCUT2D eigenvalue weighted by molar-refractivity contribution is 0.618. The fourth-order valence-electron chi connectivity index (χ4n) is 1.75. The number of hydrogen-bond donors (Lipinski definition) is 1. The molecule has 0 bridgehead atoms. The molecule has 2 nitrogen and oxygen atoms in total. The van der Waals surface area contributed by atoms with Gasteiger partial charge in [0.1, 0.15) is 5.82 Å². The summed E-state index contributed by atoms with van der Waals surface area (Å²) in [7, 11) is 0. The largest absolute Gasteiger partial charge is 0.377 e. The highest BCUT2D eigenvalue weighted by Gasteiger charge is 2.12. The Kier molecular flexibility index (Phi) is 4.23. The van der Waals surface area contributed by atoms with Crippen molar-refractivity contribution in [1.29, 1.82) is 5.26 Å². The van der Waals surface area contributed by atoms with Crippen molar-refractivity contribution in [3.63, 3.8) is 0 Å². The van der Waals surface area contributed by atoms with Crippen LogP contribution in [0, 0.1) is 24.1 Å². The minimum absolute atomic E-state index is 0.0587. The summed E-state index contributed by atoms with van der Waals surface area (Å²) in [5, 5.41) is 14.1. The monoisotopic (exact) mass is 338 g/mol. The van der Waals surface area contributed by atoms with Crippen LogP contribution in [0.5, 0.6) is 0 Å². The van der Waals surface area contributed by atoms with Gasteiger partial charge in [0, 0.05) is 26.0 Å². The summed E-state index contributed by atoms with van der Waals surface area (Å²) >= 11 is 5.04. The first kappa shape index (κ1) is 14.0. The summed E-state index contributed by atoms with van der Waals surface area (Å²) in [6.07, 6.45) is 0. The Hall–Kier alpha value is -1.38. The summed E-state index contributed by atoms with van der Waals surface area (Å²) in [4.78, 5) is 1.15. The Bertz CT molecular complexity index is 645. The molecule has 5 heteroatoms. The molecule has 0 saturated carbocycles. The number of halogens is 2. The van der Waals surface area contributed by atoms with Crippen LogP contribution in [-0.2, 0) is 0 Å². The normalized spacial score (nSPS) is 11.9. The van der Waals surface area contributed by atoms with Crippen molar-refractivity contribution < 1.29 is 4.39 Å². The third-order valence-corrected chi connectivity index (χ3v) is 4.74. The molecule has 1 aromatic heterocycles. The summed E-state index contributed by atoms with van der Waals surface area (Å²) in [5.74, 6) is -0.360. The highest BCUT2D eigenvalue weighted by Crippen LogP contribution is 2.30. The van der Waals surface area contributed by atoms with Gasteiger partial charge in [-0.1, -0.05) is 0 Å². The smallest absolute Gasteiger partial charge is 0.129 e. The maximum atomic E-state index is 13.7. The standard InChI is InChI=1S/C14H12BrFN2S/c1-8-12(16)3-10(6-17)4-13(8)18-9(2)14-5-11(15)7-19-14/h3-5,7,9,18H,1-2H3. The lowest BCUT2D eigenvalue weighted by atomic mass is 10.1. The molecule has 0 aliphatic heterocycles. The van der Waals surface area contributed by atoms with Crippen molar-refractivity contribution >= 4 is 33.0 Å². The number of thiophene rings is 1. The molecule has 19 heavy (non-hydrogen) atoms. The lowest BCUT2D eigenvalue weighted by Gasteiger charge is -2.16. The van der Waals surface area contributed by atoms with E-state index in [1.54, 1.807) is 24.3 Å². The van der Waals surface area contributed by atoms with E-state index in [4.69, 9.17) is 5.26 Å². The molecule has 1 atom stereocenters. The highest BCUT2D eigenvalue weighted by atomic mass is 79.9. The van der Waals surface area contributed by atoms with Crippen LogP contribution in [0.3, 0.4) is 0 Å². The average molecular weight is 339 g/mol. The van der Waals surface area contributed by atoms with Crippen molar-refractivity contribution in [3.8, 4) is 6.07 Å². The number of anilines is 1. The Morgan fingerprint density at radius 3 is 2.74 bits per heavy atom. The zero-order chi connectivity index (χ0) is 14.0. The number of nitriles is 1. The maximum absolute atomic E-state index is 13.7. The molecule has 0 aliphatic rings. The fraction of sp³-hybridized carbons (Fsp3) is 0.214. The molecule has 1 N–H and O–H groups in total. The van der Waals surface area contributed by atoms with Crippen molar-refractivity contribution in [2.24, 2.45) is 0 Å². The van der Waals surface area contributed by atoms with Gasteiger partial charge in [0.25, 0.3) is 0 Å². The van der Waals surface area contributed by atoms with Crippen molar-refractivity contribution in [2.45, 2.75) is 19.9 Å². The molecular formula is C14H12BrFN2S. The van der Waals surface area contributed by atoms with Crippen LogP contribution in [-0.4, -0.2) is 0 Å². The van der Waals surface area contributed by atoms with Crippen LogP contribution in [0.4, 0.5) is 10.1 Å². The number of nitrogens with zero attached hydrogens (tertiary/aromatic N) is 1. The lowest BCUT2D eigenvalue weighted by Crippen LogP contribution is -2.07. The van der Waals surface area contributed by atoms with Crippen LogP contribution in [0.1, 0.15) is 29.0 Å². The molecule has 1 aromatic carbocycles. The minimum Gasteiger partial charge on any atom is -0.377 e. The van der Waals surface area contributed by atoms with Crippen molar-refractivity contribution in [2.75, 3.05) is 5.32 Å². The molecule has 0 aliphatic carbocycles. The van der Waals surface area contributed by atoms with Crippen LogP contribution in [0.2, 0.25) is 0 Å². The van der Waals surface area contributed by atoms with Gasteiger partial charge in [0.05, 0.1) is 17.7 Å². The molecule has 0 radical (unpaired) electrons. The van der Waals surface area contributed by atoms with Gasteiger partial charge in [0.2, 0.25) is 0 Å². The van der Waals surface area contributed by atoms with E-state index < -0.39 is 0 Å². The second kappa shape index (κ2) is 5.72. The van der Waals surface area contributed by atoms with Gasteiger partial charge in [-0.3, -0.25) is 0 Å². The second-order valence-corrected chi connectivity index (χ2v) is 6.13. The molecule has 0 saturated heterocycles. The van der Waals surface area contributed by atoms with E-state index in [1.165, 1.54) is 6.07 Å². The van der Waals surface area contributed by atoms with E-state index in [0.717, 1.165) is 9.35 Å². The van der Waals surface area contributed by atoms with Gasteiger partial charge in [0.15, 0.2) is 0 Å². The molecule has 1 heterocycles. The van der Waals surface area contributed by atoms with Crippen LogP contribution >= 0.6 is 27.3 Å². The van der Waals surface area contributed by atoms with Gasteiger partial charge in [-0.05, 0) is 48.0 Å². The highest BCUT2D eigenvalue weighted by molar-refractivity contribution is 9.10. The summed E-state index contributed by atoms with van der Waals surface area (Å²) in [5.41, 5.74) is 1.51. The first-order valence-corrected chi connectivity index (χ1v) is 7.39. The van der Waals surface area contributed by atoms with E-state index in [0.29, 0.717) is 16.8 Å².